The molecule has 0 bridgehead atoms. The van der Waals surface area contributed by atoms with Crippen molar-refractivity contribution >= 4 is 24.0 Å². The van der Waals surface area contributed by atoms with E-state index in [2.05, 4.69) is 24.1 Å². The lowest BCUT2D eigenvalue weighted by atomic mass is 9.96. The topological polar surface area (TPSA) is 87.7 Å². The highest BCUT2D eigenvalue weighted by molar-refractivity contribution is 5.92. The van der Waals surface area contributed by atoms with E-state index in [-0.39, 0.29) is 29.8 Å². The number of carbonyl (C=O) groups is 3. The number of carbonyl (C=O) groups excluding carboxylic acids is 3. The largest absolute Gasteiger partial charge is 0.444 e. The molecular weight excluding hydrogens is 466 g/mol. The van der Waals surface area contributed by atoms with Crippen molar-refractivity contribution in [2.24, 2.45) is 5.92 Å². The summed E-state index contributed by atoms with van der Waals surface area (Å²) in [4.78, 5) is 42.4. The average Bonchev–Trinajstić information content (AvgIpc) is 2.79. The molecule has 1 aromatic carbocycles. The van der Waals surface area contributed by atoms with Crippen LogP contribution >= 0.6 is 0 Å². The fraction of sp³-hybridized carbons (Fsp3) is 0.633. The molecule has 7 heteroatoms. The first-order chi connectivity index (χ1) is 17.2. The minimum atomic E-state index is -0.864. The minimum Gasteiger partial charge on any atom is -0.444 e. The van der Waals surface area contributed by atoms with Gasteiger partial charge in [0.2, 0.25) is 11.8 Å². The molecule has 0 aliphatic rings. The van der Waals surface area contributed by atoms with Crippen LogP contribution in [0, 0.1) is 5.92 Å². The van der Waals surface area contributed by atoms with E-state index in [1.54, 1.807) is 31.7 Å². The second-order valence-corrected chi connectivity index (χ2v) is 11.3. The van der Waals surface area contributed by atoms with Crippen molar-refractivity contribution in [1.29, 1.82) is 0 Å². The van der Waals surface area contributed by atoms with Crippen LogP contribution in [0.1, 0.15) is 105 Å². The van der Waals surface area contributed by atoms with Crippen molar-refractivity contribution in [2.45, 2.75) is 118 Å². The van der Waals surface area contributed by atoms with Gasteiger partial charge in [-0.25, -0.2) is 4.79 Å². The van der Waals surface area contributed by atoms with Crippen molar-refractivity contribution in [3.63, 3.8) is 0 Å². The molecule has 4 atom stereocenters. The predicted octanol–water partition coefficient (Wildman–Crippen LogP) is 6.24. The SMILES string of the molecule is C=Cc1cccc(C(C(=O)NC(C)CCC)N(C(=O)C(CC(C)C)NC(=O)OC(C)(C)C)C(C)CC)c1. The van der Waals surface area contributed by atoms with Gasteiger partial charge in [-0.05, 0) is 77.0 Å². The molecule has 0 aromatic heterocycles. The third-order valence-electron chi connectivity index (χ3n) is 6.12. The third kappa shape index (κ3) is 10.6. The Bertz CT molecular complexity index is 906. The van der Waals surface area contributed by atoms with Crippen LogP contribution in [0.4, 0.5) is 4.79 Å². The second-order valence-electron chi connectivity index (χ2n) is 11.3. The number of rotatable bonds is 13. The van der Waals surface area contributed by atoms with Gasteiger partial charge in [0.05, 0.1) is 0 Å². The molecule has 0 saturated carbocycles. The van der Waals surface area contributed by atoms with Crippen molar-refractivity contribution in [1.82, 2.24) is 15.5 Å². The van der Waals surface area contributed by atoms with Crippen molar-refractivity contribution in [3.05, 3.63) is 42.0 Å². The summed E-state index contributed by atoms with van der Waals surface area (Å²) in [5, 5.41) is 5.90. The summed E-state index contributed by atoms with van der Waals surface area (Å²) in [7, 11) is 0. The van der Waals surface area contributed by atoms with E-state index in [0.717, 1.165) is 18.4 Å². The molecule has 0 aliphatic heterocycles. The van der Waals surface area contributed by atoms with Crippen LogP contribution in [-0.4, -0.2) is 46.5 Å². The number of amides is 3. The first-order valence-electron chi connectivity index (χ1n) is 13.6. The Morgan fingerprint density at radius 1 is 1.08 bits per heavy atom. The number of nitrogens with one attached hydrogen (secondary N) is 2. The maximum absolute atomic E-state index is 14.2. The zero-order chi connectivity index (χ0) is 28.3. The molecule has 208 valence electrons. The molecule has 1 aromatic rings. The molecule has 0 spiro atoms. The summed E-state index contributed by atoms with van der Waals surface area (Å²) < 4.78 is 5.46. The summed E-state index contributed by atoms with van der Waals surface area (Å²) in [6.07, 6.45) is 3.89. The number of hydrogen-bond acceptors (Lipinski definition) is 4. The van der Waals surface area contributed by atoms with E-state index >= 15 is 0 Å². The van der Waals surface area contributed by atoms with Crippen molar-refractivity contribution < 1.29 is 19.1 Å². The zero-order valence-corrected chi connectivity index (χ0v) is 24.4. The van der Waals surface area contributed by atoms with Crippen LogP contribution in [-0.2, 0) is 14.3 Å². The Kier molecular flexibility index (Phi) is 12.9. The predicted molar refractivity (Wildman–Crippen MR) is 151 cm³/mol. The van der Waals surface area contributed by atoms with Crippen molar-refractivity contribution in [2.75, 3.05) is 0 Å². The van der Waals surface area contributed by atoms with Crippen LogP contribution in [0.15, 0.2) is 30.8 Å². The molecule has 3 amide bonds. The van der Waals surface area contributed by atoms with E-state index in [1.807, 2.05) is 58.9 Å². The highest BCUT2D eigenvalue weighted by atomic mass is 16.6. The smallest absolute Gasteiger partial charge is 0.408 e. The fourth-order valence-electron chi connectivity index (χ4n) is 4.24. The minimum absolute atomic E-state index is 0.0391. The molecule has 2 N–H and O–H groups in total. The van der Waals surface area contributed by atoms with Gasteiger partial charge in [-0.1, -0.05) is 65.0 Å². The maximum atomic E-state index is 14.2. The molecule has 4 unspecified atom stereocenters. The molecule has 0 saturated heterocycles. The van der Waals surface area contributed by atoms with E-state index in [1.165, 1.54) is 0 Å². The van der Waals surface area contributed by atoms with E-state index in [4.69, 9.17) is 4.74 Å². The Morgan fingerprint density at radius 3 is 2.24 bits per heavy atom. The molecule has 0 radical (unpaired) electrons. The number of hydrogen-bond donors (Lipinski definition) is 2. The van der Waals surface area contributed by atoms with Crippen LogP contribution in [0.25, 0.3) is 6.08 Å². The first-order valence-corrected chi connectivity index (χ1v) is 13.6. The van der Waals surface area contributed by atoms with Gasteiger partial charge in [-0.3, -0.25) is 9.59 Å². The summed E-state index contributed by atoms with van der Waals surface area (Å²) in [6, 6.07) is 5.53. The van der Waals surface area contributed by atoms with E-state index < -0.39 is 23.8 Å². The van der Waals surface area contributed by atoms with Crippen molar-refractivity contribution in [3.8, 4) is 0 Å². The number of benzene rings is 1. The highest BCUT2D eigenvalue weighted by Gasteiger charge is 2.39. The standard InChI is InChI=1S/C30H49N3O4/c1-11-15-21(6)31-27(34)26(24-17-14-16-23(13-3)19-24)33(22(7)12-2)28(35)25(18-20(4)5)32-29(36)37-30(8,9)10/h13-14,16-17,19-22,25-26H,3,11-12,15,18H2,1-2,4-10H3,(H,31,34)(H,32,36). The normalized spacial score (nSPS) is 14.8. The van der Waals surface area contributed by atoms with E-state index in [0.29, 0.717) is 18.4 Å². The Hall–Kier alpha value is -2.83. The summed E-state index contributed by atoms with van der Waals surface area (Å²) in [5.74, 6) is -0.416. The third-order valence-corrected chi connectivity index (χ3v) is 6.12. The molecule has 0 aliphatic carbocycles. The van der Waals surface area contributed by atoms with Gasteiger partial charge in [0.25, 0.3) is 0 Å². The van der Waals surface area contributed by atoms with Gasteiger partial charge in [-0.15, -0.1) is 0 Å². The molecule has 0 fully saturated rings. The van der Waals surface area contributed by atoms with Crippen LogP contribution in [0.5, 0.6) is 0 Å². The van der Waals surface area contributed by atoms with E-state index in [9.17, 15) is 14.4 Å². The Labute approximate surface area is 224 Å². The summed E-state index contributed by atoms with van der Waals surface area (Å²) in [6.45, 7) is 21.2. The van der Waals surface area contributed by atoms with Crippen LogP contribution in [0.2, 0.25) is 0 Å². The Morgan fingerprint density at radius 2 is 1.73 bits per heavy atom. The molecular formula is C30H49N3O4. The maximum Gasteiger partial charge on any atom is 0.408 e. The number of alkyl carbamates (subject to hydrolysis) is 1. The Balaban J connectivity index is 3.58. The van der Waals surface area contributed by atoms with Gasteiger partial charge in [-0.2, -0.15) is 0 Å². The van der Waals surface area contributed by atoms with Crippen LogP contribution < -0.4 is 10.6 Å². The quantitative estimate of drug-likeness (QED) is 0.325. The monoisotopic (exact) mass is 515 g/mol. The summed E-state index contributed by atoms with van der Waals surface area (Å²) >= 11 is 0. The fourth-order valence-corrected chi connectivity index (χ4v) is 4.24. The van der Waals surface area contributed by atoms with Crippen LogP contribution in [0.3, 0.4) is 0 Å². The number of nitrogens with zero attached hydrogens (tertiary/aromatic N) is 1. The lowest BCUT2D eigenvalue weighted by Crippen LogP contribution is -2.56. The lowest BCUT2D eigenvalue weighted by molar-refractivity contribution is -0.145. The van der Waals surface area contributed by atoms with Gasteiger partial charge >= 0.3 is 6.09 Å². The molecule has 0 heterocycles. The van der Waals surface area contributed by atoms with Gasteiger partial charge < -0.3 is 20.3 Å². The highest BCUT2D eigenvalue weighted by Crippen LogP contribution is 2.28. The van der Waals surface area contributed by atoms with Gasteiger partial charge in [0, 0.05) is 12.1 Å². The van der Waals surface area contributed by atoms with Gasteiger partial charge in [0.1, 0.15) is 17.7 Å². The number of ether oxygens (including phenoxy) is 1. The molecule has 7 nitrogen and oxygen atoms in total. The summed E-state index contributed by atoms with van der Waals surface area (Å²) in [5.41, 5.74) is 0.862. The first kappa shape index (κ1) is 32.2. The average molecular weight is 516 g/mol. The zero-order valence-electron chi connectivity index (χ0n) is 24.4. The molecule has 37 heavy (non-hydrogen) atoms. The molecule has 1 rings (SSSR count). The lowest BCUT2D eigenvalue weighted by Gasteiger charge is -2.39. The van der Waals surface area contributed by atoms with Gasteiger partial charge in [0.15, 0.2) is 0 Å². The second kappa shape index (κ2) is 14.8.